The minimum atomic E-state index is -0.248. The summed E-state index contributed by atoms with van der Waals surface area (Å²) < 4.78 is 0.853. The Bertz CT molecular complexity index is 282. The van der Waals surface area contributed by atoms with Crippen LogP contribution in [0.15, 0.2) is 16.7 Å². The number of nitrogens with zero attached hydrogens (tertiary/aromatic N) is 1. The van der Waals surface area contributed by atoms with Crippen molar-refractivity contribution in [2.75, 3.05) is 0 Å². The zero-order chi connectivity index (χ0) is 9.14. The molecule has 1 aromatic heterocycles. The lowest BCUT2D eigenvalue weighted by Crippen LogP contribution is -2.06. The lowest BCUT2D eigenvalue weighted by molar-refractivity contribution is 0.0662. The standard InChI is InChI=1S/C7H8BrClN2O/c1-4(12-10)6-2-5(8)3-11-7(6)9/h2-4H,10H2,1H3. The second-order valence-electron chi connectivity index (χ2n) is 2.31. The monoisotopic (exact) mass is 250 g/mol. The molecule has 0 aliphatic carbocycles. The van der Waals surface area contributed by atoms with E-state index >= 15 is 0 Å². The smallest absolute Gasteiger partial charge is 0.134 e. The molecule has 2 N–H and O–H groups in total. The molecule has 66 valence electrons. The molecule has 0 aromatic carbocycles. The van der Waals surface area contributed by atoms with Crippen LogP contribution in [0.2, 0.25) is 5.15 Å². The van der Waals surface area contributed by atoms with Gasteiger partial charge in [0.25, 0.3) is 0 Å². The van der Waals surface area contributed by atoms with E-state index in [0.717, 1.165) is 10.0 Å². The van der Waals surface area contributed by atoms with Crippen LogP contribution >= 0.6 is 27.5 Å². The van der Waals surface area contributed by atoms with Gasteiger partial charge in [0, 0.05) is 16.2 Å². The zero-order valence-corrected chi connectivity index (χ0v) is 8.76. The van der Waals surface area contributed by atoms with Crippen molar-refractivity contribution in [2.24, 2.45) is 5.90 Å². The topological polar surface area (TPSA) is 48.1 Å². The lowest BCUT2D eigenvalue weighted by atomic mass is 10.2. The Morgan fingerprint density at radius 3 is 3.00 bits per heavy atom. The summed E-state index contributed by atoms with van der Waals surface area (Å²) in [4.78, 5) is 8.56. The van der Waals surface area contributed by atoms with Gasteiger partial charge in [-0.05, 0) is 28.9 Å². The molecule has 0 saturated carbocycles. The maximum atomic E-state index is 5.80. The molecule has 0 spiro atoms. The maximum absolute atomic E-state index is 5.80. The molecule has 0 fully saturated rings. The summed E-state index contributed by atoms with van der Waals surface area (Å²) in [6, 6.07) is 1.83. The molecule has 0 amide bonds. The van der Waals surface area contributed by atoms with Crippen LogP contribution in [0.5, 0.6) is 0 Å². The van der Waals surface area contributed by atoms with Crippen LogP contribution in [0.25, 0.3) is 0 Å². The number of hydrogen-bond acceptors (Lipinski definition) is 3. The molecule has 12 heavy (non-hydrogen) atoms. The quantitative estimate of drug-likeness (QED) is 0.649. The second kappa shape index (κ2) is 4.18. The van der Waals surface area contributed by atoms with E-state index in [1.165, 1.54) is 0 Å². The molecule has 0 aliphatic rings. The molecular weight excluding hydrogens is 243 g/mol. The molecule has 0 bridgehead atoms. The highest BCUT2D eigenvalue weighted by Crippen LogP contribution is 2.25. The number of aromatic nitrogens is 1. The second-order valence-corrected chi connectivity index (χ2v) is 3.59. The SMILES string of the molecule is CC(ON)c1cc(Br)cnc1Cl. The number of pyridine rings is 1. The Morgan fingerprint density at radius 2 is 2.42 bits per heavy atom. The van der Waals surface area contributed by atoms with E-state index in [1.807, 2.05) is 6.07 Å². The van der Waals surface area contributed by atoms with Gasteiger partial charge in [0.1, 0.15) is 11.3 Å². The Balaban J connectivity index is 3.04. The summed E-state index contributed by atoms with van der Waals surface area (Å²) in [7, 11) is 0. The molecule has 1 unspecified atom stereocenters. The molecule has 1 rings (SSSR count). The third kappa shape index (κ3) is 2.17. The van der Waals surface area contributed by atoms with E-state index in [4.69, 9.17) is 17.5 Å². The van der Waals surface area contributed by atoms with Crippen LogP contribution in [-0.4, -0.2) is 4.98 Å². The van der Waals surface area contributed by atoms with Crippen LogP contribution in [0.1, 0.15) is 18.6 Å². The summed E-state index contributed by atoms with van der Waals surface area (Å²) in [5, 5.41) is 0.413. The van der Waals surface area contributed by atoms with Gasteiger partial charge in [-0.2, -0.15) is 0 Å². The van der Waals surface area contributed by atoms with Crippen molar-refractivity contribution in [1.29, 1.82) is 0 Å². The first-order chi connectivity index (χ1) is 5.65. The van der Waals surface area contributed by atoms with Crippen LogP contribution in [0, 0.1) is 0 Å². The van der Waals surface area contributed by atoms with Crippen molar-refractivity contribution in [2.45, 2.75) is 13.0 Å². The van der Waals surface area contributed by atoms with Gasteiger partial charge in [0.2, 0.25) is 0 Å². The normalized spacial score (nSPS) is 13.0. The molecule has 0 saturated heterocycles. The number of halogens is 2. The van der Waals surface area contributed by atoms with E-state index in [9.17, 15) is 0 Å². The number of hydrogen-bond donors (Lipinski definition) is 1. The molecule has 3 nitrogen and oxygen atoms in total. The van der Waals surface area contributed by atoms with Gasteiger partial charge in [-0.15, -0.1) is 0 Å². The predicted molar refractivity (Wildman–Crippen MR) is 50.6 cm³/mol. The summed E-state index contributed by atoms with van der Waals surface area (Å²) in [6.07, 6.45) is 1.37. The third-order valence-corrected chi connectivity index (χ3v) is 2.22. The first-order valence-corrected chi connectivity index (χ1v) is 4.48. The van der Waals surface area contributed by atoms with Gasteiger partial charge in [-0.25, -0.2) is 10.9 Å². The van der Waals surface area contributed by atoms with Crippen molar-refractivity contribution in [3.63, 3.8) is 0 Å². The Kier molecular flexibility index (Phi) is 3.46. The molecule has 1 aromatic rings. The molecule has 1 heterocycles. The first kappa shape index (κ1) is 9.92. The van der Waals surface area contributed by atoms with Crippen molar-refractivity contribution in [1.82, 2.24) is 4.98 Å². The van der Waals surface area contributed by atoms with Gasteiger partial charge in [0.15, 0.2) is 0 Å². The fraction of sp³-hybridized carbons (Fsp3) is 0.286. The highest BCUT2D eigenvalue weighted by molar-refractivity contribution is 9.10. The van der Waals surface area contributed by atoms with E-state index in [1.54, 1.807) is 13.1 Å². The summed E-state index contributed by atoms with van der Waals surface area (Å²) in [5.41, 5.74) is 0.772. The highest BCUT2D eigenvalue weighted by atomic mass is 79.9. The number of nitrogens with two attached hydrogens (primary N) is 1. The van der Waals surface area contributed by atoms with Crippen molar-refractivity contribution < 1.29 is 4.84 Å². The molecule has 5 heteroatoms. The van der Waals surface area contributed by atoms with Gasteiger partial charge >= 0.3 is 0 Å². The molecule has 0 radical (unpaired) electrons. The van der Waals surface area contributed by atoms with E-state index in [-0.39, 0.29) is 6.10 Å². The van der Waals surface area contributed by atoms with Crippen LogP contribution in [0.4, 0.5) is 0 Å². The lowest BCUT2D eigenvalue weighted by Gasteiger charge is -2.09. The molecular formula is C7H8BrClN2O. The first-order valence-electron chi connectivity index (χ1n) is 3.31. The average Bonchev–Trinajstić information content (AvgIpc) is 2.08. The predicted octanol–water partition coefficient (Wildman–Crippen LogP) is 2.45. The van der Waals surface area contributed by atoms with Gasteiger partial charge in [0.05, 0.1) is 0 Å². The third-order valence-electron chi connectivity index (χ3n) is 1.47. The minimum Gasteiger partial charge on any atom is -0.297 e. The summed E-state index contributed by atoms with van der Waals surface area (Å²) in [5.74, 6) is 5.02. The van der Waals surface area contributed by atoms with Gasteiger partial charge in [-0.3, -0.25) is 4.84 Å². The fourth-order valence-corrected chi connectivity index (χ4v) is 1.40. The van der Waals surface area contributed by atoms with Crippen molar-refractivity contribution in [3.8, 4) is 0 Å². The van der Waals surface area contributed by atoms with Crippen molar-refractivity contribution in [3.05, 3.63) is 27.5 Å². The Hall–Kier alpha value is -0.160. The Morgan fingerprint density at radius 1 is 1.75 bits per heavy atom. The summed E-state index contributed by atoms with van der Waals surface area (Å²) in [6.45, 7) is 1.80. The van der Waals surface area contributed by atoms with Crippen LogP contribution in [-0.2, 0) is 4.84 Å². The van der Waals surface area contributed by atoms with Crippen molar-refractivity contribution >= 4 is 27.5 Å². The van der Waals surface area contributed by atoms with Crippen LogP contribution < -0.4 is 5.90 Å². The fourth-order valence-electron chi connectivity index (χ4n) is 0.797. The van der Waals surface area contributed by atoms with E-state index in [0.29, 0.717) is 5.15 Å². The van der Waals surface area contributed by atoms with Gasteiger partial charge in [-0.1, -0.05) is 11.6 Å². The van der Waals surface area contributed by atoms with Gasteiger partial charge < -0.3 is 0 Å². The Labute approximate surface area is 84.0 Å². The average molecular weight is 252 g/mol. The minimum absolute atomic E-state index is 0.248. The summed E-state index contributed by atoms with van der Waals surface area (Å²) >= 11 is 9.08. The zero-order valence-electron chi connectivity index (χ0n) is 6.42. The van der Waals surface area contributed by atoms with E-state index in [2.05, 4.69) is 25.8 Å². The molecule has 0 aliphatic heterocycles. The largest absolute Gasteiger partial charge is 0.297 e. The van der Waals surface area contributed by atoms with E-state index < -0.39 is 0 Å². The van der Waals surface area contributed by atoms with Crippen LogP contribution in [0.3, 0.4) is 0 Å². The molecule has 1 atom stereocenters. The highest BCUT2D eigenvalue weighted by Gasteiger charge is 2.10. The number of rotatable bonds is 2. The maximum Gasteiger partial charge on any atom is 0.134 e.